The second kappa shape index (κ2) is 10.0. The summed E-state index contributed by atoms with van der Waals surface area (Å²) in [6, 6.07) is 4.60. The van der Waals surface area contributed by atoms with Crippen molar-refractivity contribution >= 4 is 23.4 Å². The molecule has 2 heterocycles. The van der Waals surface area contributed by atoms with E-state index in [4.69, 9.17) is 16.3 Å². The summed E-state index contributed by atoms with van der Waals surface area (Å²) >= 11 is 6.29. The molecule has 1 aromatic carbocycles. The number of methoxy groups -OCH3 is 1. The van der Waals surface area contributed by atoms with Crippen molar-refractivity contribution in [2.45, 2.75) is 26.9 Å². The molecule has 1 aliphatic heterocycles. The average Bonchev–Trinajstić information content (AvgIpc) is 2.72. The number of rotatable bonds is 6. The Hall–Kier alpha value is -2.45. The van der Waals surface area contributed by atoms with E-state index >= 15 is 0 Å². The number of carbonyl (C=O) groups is 1. The molecule has 3 rings (SSSR count). The Morgan fingerprint density at radius 1 is 1.23 bits per heavy atom. The van der Waals surface area contributed by atoms with Gasteiger partial charge < -0.3 is 19.9 Å². The highest BCUT2D eigenvalue weighted by molar-refractivity contribution is 6.31. The lowest BCUT2D eigenvalue weighted by molar-refractivity contribution is 0.180. The Kier molecular flexibility index (Phi) is 7.44. The van der Waals surface area contributed by atoms with Gasteiger partial charge in [0, 0.05) is 62.4 Å². The molecule has 0 atom stereocenters. The third-order valence-corrected chi connectivity index (χ3v) is 5.43. The van der Waals surface area contributed by atoms with Crippen LogP contribution in [0.3, 0.4) is 0 Å². The minimum Gasteiger partial charge on any atom is -0.378 e. The van der Waals surface area contributed by atoms with Crippen LogP contribution in [0.5, 0.6) is 0 Å². The minimum absolute atomic E-state index is 0.0607. The maximum atomic E-state index is 14.5. The molecule has 0 aliphatic carbocycles. The van der Waals surface area contributed by atoms with Gasteiger partial charge in [-0.15, -0.1) is 0 Å². The fraction of sp³-hybridized carbons (Fsp3) is 0.476. The van der Waals surface area contributed by atoms with Gasteiger partial charge in [0.25, 0.3) is 0 Å². The van der Waals surface area contributed by atoms with Crippen LogP contribution >= 0.6 is 11.6 Å². The van der Waals surface area contributed by atoms with E-state index < -0.39 is 0 Å². The van der Waals surface area contributed by atoms with Gasteiger partial charge in [-0.3, -0.25) is 0 Å². The molecule has 7 nitrogen and oxygen atoms in total. The monoisotopic (exact) mass is 435 g/mol. The van der Waals surface area contributed by atoms with Crippen LogP contribution in [0.1, 0.15) is 29.6 Å². The first kappa shape index (κ1) is 22.2. The number of ether oxygens (including phenoxy) is 1. The maximum Gasteiger partial charge on any atom is 0.317 e. The Morgan fingerprint density at radius 2 is 1.97 bits per heavy atom. The zero-order chi connectivity index (χ0) is 21.7. The third kappa shape index (κ3) is 4.99. The Bertz CT molecular complexity index is 883. The second-order valence-corrected chi connectivity index (χ2v) is 7.55. The van der Waals surface area contributed by atoms with Gasteiger partial charge in [-0.25, -0.2) is 19.2 Å². The molecule has 162 valence electrons. The lowest BCUT2D eigenvalue weighted by atomic mass is 10.0. The molecule has 1 fully saturated rings. The van der Waals surface area contributed by atoms with Crippen LogP contribution in [0, 0.1) is 12.7 Å². The van der Waals surface area contributed by atoms with Gasteiger partial charge in [0.1, 0.15) is 17.5 Å². The number of nitrogens with one attached hydrogen (secondary N) is 1. The smallest absolute Gasteiger partial charge is 0.317 e. The number of hydrogen-bond acceptors (Lipinski definition) is 5. The summed E-state index contributed by atoms with van der Waals surface area (Å²) in [7, 11) is 1.60. The van der Waals surface area contributed by atoms with E-state index in [1.807, 2.05) is 13.8 Å². The fourth-order valence-electron chi connectivity index (χ4n) is 3.60. The normalized spacial score (nSPS) is 14.2. The molecule has 0 spiro atoms. The Labute approximate surface area is 181 Å². The van der Waals surface area contributed by atoms with Crippen LogP contribution in [0.2, 0.25) is 5.02 Å². The predicted octanol–water partition coefficient (Wildman–Crippen LogP) is 3.17. The lowest BCUT2D eigenvalue weighted by Gasteiger charge is -2.36. The summed E-state index contributed by atoms with van der Waals surface area (Å²) in [5, 5.41) is 3.20. The maximum absolute atomic E-state index is 14.5. The van der Waals surface area contributed by atoms with Gasteiger partial charge in [-0.2, -0.15) is 0 Å². The molecule has 0 bridgehead atoms. The van der Waals surface area contributed by atoms with Gasteiger partial charge in [-0.05, 0) is 26.0 Å². The first-order valence-corrected chi connectivity index (χ1v) is 10.4. The van der Waals surface area contributed by atoms with E-state index in [0.717, 1.165) is 11.4 Å². The lowest BCUT2D eigenvalue weighted by Crippen LogP contribution is -2.52. The van der Waals surface area contributed by atoms with Crippen LogP contribution in [-0.4, -0.2) is 60.7 Å². The van der Waals surface area contributed by atoms with Crippen molar-refractivity contribution in [2.24, 2.45) is 0 Å². The summed E-state index contributed by atoms with van der Waals surface area (Å²) in [5.41, 5.74) is 1.91. The van der Waals surface area contributed by atoms with E-state index in [2.05, 4.69) is 20.2 Å². The van der Waals surface area contributed by atoms with E-state index in [1.165, 1.54) is 6.07 Å². The number of amides is 2. The molecule has 2 aromatic rings. The summed E-state index contributed by atoms with van der Waals surface area (Å²) in [6.45, 7) is 7.01. The number of piperazine rings is 1. The van der Waals surface area contributed by atoms with E-state index in [0.29, 0.717) is 54.8 Å². The van der Waals surface area contributed by atoms with Crippen molar-refractivity contribution in [3.8, 4) is 0 Å². The fourth-order valence-corrected chi connectivity index (χ4v) is 3.83. The summed E-state index contributed by atoms with van der Waals surface area (Å²) < 4.78 is 19.8. The number of aromatic nitrogens is 2. The van der Waals surface area contributed by atoms with Gasteiger partial charge in [0.05, 0.1) is 12.3 Å². The number of carbonyl (C=O) groups excluding carboxylic acids is 1. The zero-order valence-electron chi connectivity index (χ0n) is 17.5. The van der Waals surface area contributed by atoms with E-state index in [-0.39, 0.29) is 24.9 Å². The van der Waals surface area contributed by atoms with Crippen LogP contribution < -0.4 is 10.2 Å². The topological polar surface area (TPSA) is 70.6 Å². The van der Waals surface area contributed by atoms with Crippen molar-refractivity contribution in [1.82, 2.24) is 20.2 Å². The van der Waals surface area contributed by atoms with Gasteiger partial charge in [0.15, 0.2) is 0 Å². The summed E-state index contributed by atoms with van der Waals surface area (Å²) in [6.07, 6.45) is 0.260. The average molecular weight is 436 g/mol. The van der Waals surface area contributed by atoms with Crippen molar-refractivity contribution in [3.63, 3.8) is 0 Å². The number of hydrogen-bond donors (Lipinski definition) is 1. The minimum atomic E-state index is -0.363. The molecule has 1 N–H and O–H groups in total. The number of aryl methyl sites for hydroxylation is 1. The molecular weight excluding hydrogens is 409 g/mol. The third-order valence-electron chi connectivity index (χ3n) is 5.07. The number of benzene rings is 1. The number of halogens is 2. The first-order valence-electron chi connectivity index (χ1n) is 10.0. The molecular formula is C21H27ClFN5O2. The number of nitrogens with zero attached hydrogens (tertiary/aromatic N) is 4. The van der Waals surface area contributed by atoms with Gasteiger partial charge in [-0.1, -0.05) is 17.7 Å². The first-order chi connectivity index (χ1) is 14.4. The Morgan fingerprint density at radius 3 is 2.60 bits per heavy atom. The molecule has 0 saturated carbocycles. The van der Waals surface area contributed by atoms with Crippen molar-refractivity contribution in [3.05, 3.63) is 51.7 Å². The highest BCUT2D eigenvalue weighted by Gasteiger charge is 2.26. The van der Waals surface area contributed by atoms with Crippen LogP contribution in [0.25, 0.3) is 0 Å². The highest BCUT2D eigenvalue weighted by atomic mass is 35.5. The van der Waals surface area contributed by atoms with Gasteiger partial charge in [0.2, 0.25) is 0 Å². The molecule has 9 heteroatoms. The molecule has 30 heavy (non-hydrogen) atoms. The van der Waals surface area contributed by atoms with Crippen molar-refractivity contribution in [2.75, 3.05) is 44.7 Å². The standard InChI is InChI=1S/C21H27ClFN5O2/c1-4-24-21(29)28-10-8-27(9-11-28)20-16(19(13-30-3)25-14(2)26-20)12-15-17(22)6-5-7-18(15)23/h5-7H,4,8-13H2,1-3H3,(H,24,29). The molecule has 1 saturated heterocycles. The van der Waals surface area contributed by atoms with Crippen LogP contribution in [-0.2, 0) is 17.8 Å². The van der Waals surface area contributed by atoms with E-state index in [9.17, 15) is 9.18 Å². The molecule has 2 amide bonds. The summed E-state index contributed by atoms with van der Waals surface area (Å²) in [4.78, 5) is 25.2. The SMILES string of the molecule is CCNC(=O)N1CCN(c2nc(C)nc(COC)c2Cc2c(F)cccc2Cl)CC1. The molecule has 0 radical (unpaired) electrons. The van der Waals surface area contributed by atoms with E-state index in [1.54, 1.807) is 24.1 Å². The quantitative estimate of drug-likeness (QED) is 0.754. The van der Waals surface area contributed by atoms with Gasteiger partial charge >= 0.3 is 6.03 Å². The largest absolute Gasteiger partial charge is 0.378 e. The van der Waals surface area contributed by atoms with Crippen molar-refractivity contribution in [1.29, 1.82) is 0 Å². The van der Waals surface area contributed by atoms with Crippen LogP contribution in [0.4, 0.5) is 15.0 Å². The molecule has 1 aromatic heterocycles. The predicted molar refractivity (Wildman–Crippen MR) is 115 cm³/mol. The summed E-state index contributed by atoms with van der Waals surface area (Å²) in [5.74, 6) is 0.995. The van der Waals surface area contributed by atoms with Crippen LogP contribution in [0.15, 0.2) is 18.2 Å². The Balaban J connectivity index is 1.93. The number of urea groups is 1. The number of anilines is 1. The zero-order valence-corrected chi connectivity index (χ0v) is 18.3. The second-order valence-electron chi connectivity index (χ2n) is 7.14. The van der Waals surface area contributed by atoms with Crippen molar-refractivity contribution < 1.29 is 13.9 Å². The molecule has 0 unspecified atom stereocenters. The highest BCUT2D eigenvalue weighted by Crippen LogP contribution is 2.29. The molecule has 1 aliphatic rings.